The number of hydrogen-bond donors (Lipinski definition) is 0. The Balaban J connectivity index is 1.54. The van der Waals surface area contributed by atoms with Crippen LogP contribution < -0.4 is 9.47 Å². The van der Waals surface area contributed by atoms with Gasteiger partial charge in [-0.15, -0.1) is 10.2 Å². The first kappa shape index (κ1) is 16.7. The van der Waals surface area contributed by atoms with Crippen molar-refractivity contribution in [2.24, 2.45) is 0 Å². The van der Waals surface area contributed by atoms with Crippen molar-refractivity contribution in [3.63, 3.8) is 0 Å². The van der Waals surface area contributed by atoms with Crippen LogP contribution in [0.1, 0.15) is 11.5 Å². The summed E-state index contributed by atoms with van der Waals surface area (Å²) in [5.74, 6) is 2.49. The molecule has 7 heteroatoms. The number of aromatic nitrogens is 2. The van der Waals surface area contributed by atoms with Crippen LogP contribution in [0, 0.1) is 0 Å². The van der Waals surface area contributed by atoms with Crippen molar-refractivity contribution >= 4 is 23.4 Å². The molecule has 0 radical (unpaired) electrons. The molecule has 0 saturated carbocycles. The molecular weight excluding hydrogens is 348 g/mol. The van der Waals surface area contributed by atoms with E-state index < -0.39 is 0 Å². The van der Waals surface area contributed by atoms with Gasteiger partial charge in [0, 0.05) is 16.8 Å². The molecule has 0 aliphatic carbocycles. The highest BCUT2D eigenvalue weighted by Crippen LogP contribution is 2.26. The van der Waals surface area contributed by atoms with Gasteiger partial charge in [0.15, 0.2) is 6.61 Å². The fraction of sp³-hybridized carbons (Fsp3) is 0.176. The summed E-state index contributed by atoms with van der Waals surface area (Å²) in [7, 11) is 1.61. The lowest BCUT2D eigenvalue weighted by Gasteiger charge is -2.05. The molecule has 0 saturated heterocycles. The number of halogens is 1. The molecule has 0 bridgehead atoms. The molecule has 0 aliphatic heterocycles. The molecule has 3 rings (SSSR count). The van der Waals surface area contributed by atoms with E-state index in [1.807, 2.05) is 42.5 Å². The highest BCUT2D eigenvalue weighted by atomic mass is 35.5. The number of rotatable bonds is 7. The SMILES string of the molecule is COc1cccc(OCc2nnc(SCc3ccccc3Cl)o2)c1. The summed E-state index contributed by atoms with van der Waals surface area (Å²) >= 11 is 7.56. The van der Waals surface area contributed by atoms with E-state index in [2.05, 4.69) is 10.2 Å². The first-order chi connectivity index (χ1) is 11.7. The molecule has 1 aromatic heterocycles. The summed E-state index contributed by atoms with van der Waals surface area (Å²) in [6, 6.07) is 15.0. The number of hydrogen-bond acceptors (Lipinski definition) is 6. The predicted octanol–water partition coefficient (Wildman–Crippen LogP) is 4.60. The summed E-state index contributed by atoms with van der Waals surface area (Å²) in [5.41, 5.74) is 1.02. The summed E-state index contributed by atoms with van der Waals surface area (Å²) in [5, 5.41) is 9.20. The number of nitrogens with zero attached hydrogens (tertiary/aromatic N) is 2. The third kappa shape index (κ3) is 4.43. The number of ether oxygens (including phenoxy) is 2. The van der Waals surface area contributed by atoms with Crippen molar-refractivity contribution in [3.05, 3.63) is 65.0 Å². The first-order valence-electron chi connectivity index (χ1n) is 7.20. The molecule has 0 spiro atoms. The average molecular weight is 363 g/mol. The van der Waals surface area contributed by atoms with Crippen LogP contribution in [0.3, 0.4) is 0 Å². The van der Waals surface area contributed by atoms with E-state index in [1.54, 1.807) is 13.2 Å². The largest absolute Gasteiger partial charge is 0.497 e. The third-order valence-corrected chi connectivity index (χ3v) is 4.40. The van der Waals surface area contributed by atoms with Crippen LogP contribution in [0.5, 0.6) is 11.5 Å². The van der Waals surface area contributed by atoms with E-state index in [9.17, 15) is 0 Å². The maximum Gasteiger partial charge on any atom is 0.277 e. The topological polar surface area (TPSA) is 57.4 Å². The van der Waals surface area contributed by atoms with Crippen LogP contribution in [0.2, 0.25) is 5.02 Å². The fourth-order valence-electron chi connectivity index (χ4n) is 1.95. The Morgan fingerprint density at radius 2 is 1.92 bits per heavy atom. The maximum atomic E-state index is 6.13. The second-order valence-electron chi connectivity index (χ2n) is 4.81. The van der Waals surface area contributed by atoms with Gasteiger partial charge in [-0.1, -0.05) is 47.6 Å². The third-order valence-electron chi connectivity index (χ3n) is 3.16. The van der Waals surface area contributed by atoms with Crippen LogP contribution in [-0.4, -0.2) is 17.3 Å². The minimum absolute atomic E-state index is 0.201. The molecule has 0 N–H and O–H groups in total. The van der Waals surface area contributed by atoms with Gasteiger partial charge in [-0.05, 0) is 23.8 Å². The zero-order valence-electron chi connectivity index (χ0n) is 12.9. The Labute approximate surface area is 148 Å². The van der Waals surface area contributed by atoms with Crippen LogP contribution in [0.4, 0.5) is 0 Å². The summed E-state index contributed by atoms with van der Waals surface area (Å²) in [4.78, 5) is 0. The molecule has 5 nitrogen and oxygen atoms in total. The van der Waals surface area contributed by atoms with Crippen molar-refractivity contribution < 1.29 is 13.9 Å². The lowest BCUT2D eigenvalue weighted by atomic mass is 10.2. The van der Waals surface area contributed by atoms with Gasteiger partial charge in [0.05, 0.1) is 7.11 Å². The average Bonchev–Trinajstić information content (AvgIpc) is 3.07. The monoisotopic (exact) mass is 362 g/mol. The lowest BCUT2D eigenvalue weighted by Crippen LogP contribution is -1.96. The number of benzene rings is 2. The quantitative estimate of drug-likeness (QED) is 0.572. The second kappa shape index (κ2) is 8.08. The van der Waals surface area contributed by atoms with Gasteiger partial charge in [-0.2, -0.15) is 0 Å². The number of thioether (sulfide) groups is 1. The Morgan fingerprint density at radius 1 is 1.08 bits per heavy atom. The van der Waals surface area contributed by atoms with Gasteiger partial charge in [0.1, 0.15) is 11.5 Å². The highest BCUT2D eigenvalue weighted by Gasteiger charge is 2.09. The molecule has 2 aromatic carbocycles. The van der Waals surface area contributed by atoms with Crippen LogP contribution in [0.15, 0.2) is 58.2 Å². The summed E-state index contributed by atoms with van der Waals surface area (Å²) in [6.07, 6.45) is 0. The van der Waals surface area contributed by atoms with Crippen molar-refractivity contribution in [2.45, 2.75) is 17.6 Å². The molecular formula is C17H15ClN2O3S. The predicted molar refractivity (Wildman–Crippen MR) is 92.6 cm³/mol. The van der Waals surface area contributed by atoms with Gasteiger partial charge in [-0.25, -0.2) is 0 Å². The van der Waals surface area contributed by atoms with Gasteiger partial charge in [0.25, 0.3) is 11.1 Å². The number of methoxy groups -OCH3 is 1. The van der Waals surface area contributed by atoms with Gasteiger partial charge >= 0.3 is 0 Å². The minimum atomic E-state index is 0.201. The van der Waals surface area contributed by atoms with Gasteiger partial charge < -0.3 is 13.9 Å². The highest BCUT2D eigenvalue weighted by molar-refractivity contribution is 7.98. The van der Waals surface area contributed by atoms with Gasteiger partial charge in [0.2, 0.25) is 0 Å². The standard InChI is InChI=1S/C17H15ClN2O3S/c1-21-13-6-4-7-14(9-13)22-10-16-19-20-17(23-16)24-11-12-5-2-3-8-15(12)18/h2-9H,10-11H2,1H3. The van der Waals surface area contributed by atoms with Crippen LogP contribution in [0.25, 0.3) is 0 Å². The zero-order valence-corrected chi connectivity index (χ0v) is 14.5. The van der Waals surface area contributed by atoms with E-state index in [4.69, 9.17) is 25.5 Å². The first-order valence-corrected chi connectivity index (χ1v) is 8.56. The van der Waals surface area contributed by atoms with E-state index in [0.717, 1.165) is 16.3 Å². The molecule has 0 amide bonds. The fourth-order valence-corrected chi connectivity index (χ4v) is 3.01. The smallest absolute Gasteiger partial charge is 0.277 e. The Hall–Kier alpha value is -2.18. The zero-order chi connectivity index (χ0) is 16.8. The maximum absolute atomic E-state index is 6.13. The Kier molecular flexibility index (Phi) is 5.61. The molecule has 1 heterocycles. The van der Waals surface area contributed by atoms with Crippen molar-refractivity contribution in [2.75, 3.05) is 7.11 Å². The van der Waals surface area contributed by atoms with E-state index >= 15 is 0 Å². The Morgan fingerprint density at radius 3 is 2.75 bits per heavy atom. The lowest BCUT2D eigenvalue weighted by molar-refractivity contribution is 0.251. The molecule has 3 aromatic rings. The Bertz CT molecular complexity index is 810. The van der Waals surface area contributed by atoms with Crippen LogP contribution >= 0.6 is 23.4 Å². The molecule has 124 valence electrons. The van der Waals surface area contributed by atoms with E-state index in [0.29, 0.717) is 22.6 Å². The molecule has 0 unspecified atom stereocenters. The molecule has 0 aliphatic rings. The van der Waals surface area contributed by atoms with Crippen molar-refractivity contribution in [1.29, 1.82) is 0 Å². The second-order valence-corrected chi connectivity index (χ2v) is 6.14. The van der Waals surface area contributed by atoms with E-state index in [1.165, 1.54) is 11.8 Å². The minimum Gasteiger partial charge on any atom is -0.497 e. The summed E-state index contributed by atoms with van der Waals surface area (Å²) in [6.45, 7) is 0.201. The van der Waals surface area contributed by atoms with E-state index in [-0.39, 0.29) is 6.61 Å². The van der Waals surface area contributed by atoms with Crippen LogP contribution in [-0.2, 0) is 12.4 Å². The van der Waals surface area contributed by atoms with Crippen molar-refractivity contribution in [1.82, 2.24) is 10.2 Å². The molecule has 0 fully saturated rings. The molecule has 0 atom stereocenters. The van der Waals surface area contributed by atoms with Gasteiger partial charge in [-0.3, -0.25) is 0 Å². The normalized spacial score (nSPS) is 10.6. The molecule has 24 heavy (non-hydrogen) atoms. The van der Waals surface area contributed by atoms with Crippen molar-refractivity contribution in [3.8, 4) is 11.5 Å². The summed E-state index contributed by atoms with van der Waals surface area (Å²) < 4.78 is 16.3.